The summed E-state index contributed by atoms with van der Waals surface area (Å²) in [5.41, 5.74) is 3.49. The van der Waals surface area contributed by atoms with Gasteiger partial charge in [-0.1, -0.05) is 12.1 Å². The maximum atomic E-state index is 13.1. The summed E-state index contributed by atoms with van der Waals surface area (Å²) in [6.45, 7) is 3.59. The van der Waals surface area contributed by atoms with Crippen LogP contribution in [0.2, 0.25) is 0 Å². The molecule has 2 N–H and O–H groups in total. The highest BCUT2D eigenvalue weighted by molar-refractivity contribution is 7.94. The number of aryl methyl sites for hydroxylation is 1. The molecular weight excluding hydrogens is 490 g/mol. The molecule has 0 atom stereocenters. The minimum Gasteiger partial charge on any atom is -0.441 e. The van der Waals surface area contributed by atoms with Gasteiger partial charge in [0.15, 0.2) is 9.84 Å². The van der Waals surface area contributed by atoms with Crippen molar-refractivity contribution in [2.24, 2.45) is 4.99 Å². The van der Waals surface area contributed by atoms with Crippen LogP contribution < -0.4 is 10.6 Å². The average molecular weight is 522 g/mol. The van der Waals surface area contributed by atoms with Crippen LogP contribution in [0, 0.1) is 6.92 Å². The van der Waals surface area contributed by atoms with Crippen molar-refractivity contribution in [3.8, 4) is 11.5 Å². The van der Waals surface area contributed by atoms with Crippen LogP contribution in [0.25, 0.3) is 11.5 Å². The van der Waals surface area contributed by atoms with Crippen LogP contribution in [-0.4, -0.2) is 50.1 Å². The fraction of sp³-hybridized carbons (Fsp3) is 0.333. The van der Waals surface area contributed by atoms with Crippen molar-refractivity contribution in [2.45, 2.75) is 38.5 Å². The molecule has 4 rings (SSSR count). The van der Waals surface area contributed by atoms with Gasteiger partial charge < -0.3 is 15.1 Å². The Bertz CT molecular complexity index is 1390. The average Bonchev–Trinajstić information content (AvgIpc) is 3.27. The number of sulfone groups is 1. The molecule has 0 spiro atoms. The normalized spacial score (nSPS) is 15.0. The summed E-state index contributed by atoms with van der Waals surface area (Å²) in [6, 6.07) is 10.6. The van der Waals surface area contributed by atoms with E-state index in [2.05, 4.69) is 25.6 Å². The zero-order chi connectivity index (χ0) is 26.3. The van der Waals surface area contributed by atoms with Crippen LogP contribution in [0.3, 0.4) is 0 Å². The summed E-state index contributed by atoms with van der Waals surface area (Å²) < 4.78 is 31.9. The number of benzene rings is 1. The van der Waals surface area contributed by atoms with E-state index in [9.17, 15) is 13.2 Å². The monoisotopic (exact) mass is 521 g/mol. The Morgan fingerprint density at radius 2 is 1.97 bits per heavy atom. The number of aromatic nitrogens is 2. The minimum atomic E-state index is -3.51. The minimum absolute atomic E-state index is 0.207. The first-order valence-corrected chi connectivity index (χ1v) is 13.8. The zero-order valence-corrected chi connectivity index (χ0v) is 21.8. The molecule has 0 radical (unpaired) electrons. The van der Waals surface area contributed by atoms with E-state index in [1.807, 2.05) is 19.2 Å². The predicted octanol–water partition coefficient (Wildman–Crippen LogP) is 3.62. The standard InChI is InChI=1S/C27H31N5O4S/c1-19-25(18-37(34,35)24-11-9-23(10-12-24)30-15-14-28-2)32-27(36-19)22-7-5-21(6-8-22)26(33)31-17-20-4-3-13-29-16-20/h3-8,11,13,16,28H,9-10,12,14-15,17-18H2,1-2H3,(H,31,33). The number of nitrogens with one attached hydrogen (secondary N) is 2. The first-order chi connectivity index (χ1) is 17.9. The molecule has 1 aliphatic carbocycles. The fourth-order valence-corrected chi connectivity index (χ4v) is 5.53. The smallest absolute Gasteiger partial charge is 0.251 e. The molecule has 1 aliphatic rings. The van der Waals surface area contributed by atoms with Crippen LogP contribution in [0.1, 0.15) is 46.6 Å². The molecule has 0 saturated heterocycles. The highest BCUT2D eigenvalue weighted by Crippen LogP contribution is 2.28. The topological polar surface area (TPSA) is 127 Å². The second-order valence-corrected chi connectivity index (χ2v) is 10.9. The first kappa shape index (κ1) is 26.4. The van der Waals surface area contributed by atoms with Crippen LogP contribution >= 0.6 is 0 Å². The van der Waals surface area contributed by atoms with Gasteiger partial charge in [-0.05, 0) is 62.7 Å². The number of aliphatic imine (C=N–C) groups is 1. The molecule has 3 aromatic rings. The van der Waals surface area contributed by atoms with Gasteiger partial charge in [-0.2, -0.15) is 0 Å². The van der Waals surface area contributed by atoms with Gasteiger partial charge in [0.1, 0.15) is 11.5 Å². The van der Waals surface area contributed by atoms with E-state index in [4.69, 9.17) is 4.42 Å². The SMILES string of the molecule is CNCCN=C1CC=C(S(=O)(=O)Cc2nc(-c3ccc(C(=O)NCc4cccnc4)cc3)oc2C)CC1. The Morgan fingerprint density at radius 1 is 1.16 bits per heavy atom. The van der Waals surface area contributed by atoms with E-state index >= 15 is 0 Å². The third-order valence-electron chi connectivity index (χ3n) is 6.11. The van der Waals surface area contributed by atoms with Crippen molar-refractivity contribution in [1.82, 2.24) is 20.6 Å². The number of hydrogen-bond donors (Lipinski definition) is 2. The molecule has 0 saturated carbocycles. The molecule has 9 nitrogen and oxygen atoms in total. The van der Waals surface area contributed by atoms with Crippen molar-refractivity contribution in [3.05, 3.63) is 82.4 Å². The number of hydrogen-bond acceptors (Lipinski definition) is 8. The molecule has 2 heterocycles. The molecule has 0 aliphatic heterocycles. The molecule has 2 aromatic heterocycles. The summed E-state index contributed by atoms with van der Waals surface area (Å²) >= 11 is 0. The van der Waals surface area contributed by atoms with Crippen molar-refractivity contribution in [1.29, 1.82) is 0 Å². The van der Waals surface area contributed by atoms with E-state index in [1.165, 1.54) is 0 Å². The van der Waals surface area contributed by atoms with E-state index in [-0.39, 0.29) is 11.7 Å². The lowest BCUT2D eigenvalue weighted by atomic mass is 10.1. The lowest BCUT2D eigenvalue weighted by molar-refractivity contribution is 0.0951. The Kier molecular flexibility index (Phi) is 8.62. The largest absolute Gasteiger partial charge is 0.441 e. The number of rotatable bonds is 10. The van der Waals surface area contributed by atoms with Gasteiger partial charge in [0.25, 0.3) is 5.91 Å². The molecule has 194 valence electrons. The van der Waals surface area contributed by atoms with Crippen molar-refractivity contribution >= 4 is 21.5 Å². The van der Waals surface area contributed by atoms with Gasteiger partial charge in [0.2, 0.25) is 5.89 Å². The summed E-state index contributed by atoms with van der Waals surface area (Å²) in [6.07, 6.45) is 6.82. The second-order valence-electron chi connectivity index (χ2n) is 8.83. The van der Waals surface area contributed by atoms with Gasteiger partial charge in [-0.15, -0.1) is 0 Å². The summed E-state index contributed by atoms with van der Waals surface area (Å²) in [5, 5.41) is 5.91. The summed E-state index contributed by atoms with van der Waals surface area (Å²) in [4.78, 5) is 25.9. The van der Waals surface area contributed by atoms with E-state index in [1.54, 1.807) is 49.7 Å². The molecule has 0 bridgehead atoms. The number of carbonyl (C=O) groups is 1. The van der Waals surface area contributed by atoms with Crippen LogP contribution in [0.15, 0.2) is 69.2 Å². The molecule has 10 heteroatoms. The maximum absolute atomic E-state index is 13.1. The van der Waals surface area contributed by atoms with Crippen molar-refractivity contribution in [3.63, 3.8) is 0 Å². The van der Waals surface area contributed by atoms with Crippen LogP contribution in [0.5, 0.6) is 0 Å². The van der Waals surface area contributed by atoms with Gasteiger partial charge in [-0.25, -0.2) is 13.4 Å². The number of allylic oxidation sites excluding steroid dienone is 2. The Balaban J connectivity index is 1.39. The summed E-state index contributed by atoms with van der Waals surface area (Å²) in [7, 11) is -1.63. The fourth-order valence-electron chi connectivity index (χ4n) is 3.96. The number of amides is 1. The number of likely N-dealkylation sites (N-methyl/N-ethyl adjacent to an activating group) is 1. The third-order valence-corrected chi connectivity index (χ3v) is 7.93. The van der Waals surface area contributed by atoms with E-state index < -0.39 is 9.84 Å². The maximum Gasteiger partial charge on any atom is 0.251 e. The van der Waals surface area contributed by atoms with Crippen LogP contribution in [0.4, 0.5) is 0 Å². The lowest BCUT2D eigenvalue weighted by Crippen LogP contribution is -2.22. The van der Waals surface area contributed by atoms with E-state index in [0.29, 0.717) is 65.7 Å². The quantitative estimate of drug-likeness (QED) is 0.390. The number of pyridine rings is 1. The third kappa shape index (κ3) is 6.99. The first-order valence-electron chi connectivity index (χ1n) is 12.2. The number of carbonyl (C=O) groups excluding carboxylic acids is 1. The summed E-state index contributed by atoms with van der Waals surface area (Å²) in [5.74, 6) is 0.362. The lowest BCUT2D eigenvalue weighted by Gasteiger charge is -2.15. The highest BCUT2D eigenvalue weighted by Gasteiger charge is 2.25. The van der Waals surface area contributed by atoms with Gasteiger partial charge in [-0.3, -0.25) is 14.8 Å². The Labute approximate surface area is 217 Å². The highest BCUT2D eigenvalue weighted by atomic mass is 32.2. The van der Waals surface area contributed by atoms with E-state index in [0.717, 1.165) is 17.8 Å². The van der Waals surface area contributed by atoms with Crippen molar-refractivity contribution < 1.29 is 17.6 Å². The second kappa shape index (κ2) is 12.1. The zero-order valence-electron chi connectivity index (χ0n) is 21.0. The molecule has 0 fully saturated rings. The number of nitrogens with zero attached hydrogens (tertiary/aromatic N) is 3. The van der Waals surface area contributed by atoms with Gasteiger partial charge >= 0.3 is 0 Å². The van der Waals surface area contributed by atoms with Gasteiger partial charge in [0, 0.05) is 53.6 Å². The van der Waals surface area contributed by atoms with Gasteiger partial charge in [0.05, 0.1) is 12.2 Å². The molecule has 0 unspecified atom stereocenters. The predicted molar refractivity (Wildman–Crippen MR) is 143 cm³/mol. The molecule has 37 heavy (non-hydrogen) atoms. The Morgan fingerprint density at radius 3 is 2.65 bits per heavy atom. The van der Waals surface area contributed by atoms with Crippen LogP contribution in [-0.2, 0) is 22.1 Å². The molecule has 1 amide bonds. The molecule has 1 aromatic carbocycles. The molecular formula is C27H31N5O4S. The number of oxazole rings is 1. The Hall–Kier alpha value is -3.63. The van der Waals surface area contributed by atoms with Crippen molar-refractivity contribution in [2.75, 3.05) is 20.1 Å².